The number of benzene rings is 1. The van der Waals surface area contributed by atoms with E-state index in [1.165, 1.54) is 6.34 Å². The van der Waals surface area contributed by atoms with Crippen LogP contribution in [0.3, 0.4) is 0 Å². The molecule has 100 valence electrons. The SMILES string of the molecule is O=C1CC2(N=CN1)C1=CC=NCC1Oc1ccccc12. The van der Waals surface area contributed by atoms with Crippen molar-refractivity contribution in [3.05, 3.63) is 41.5 Å². The average molecular weight is 267 g/mol. The van der Waals surface area contributed by atoms with Crippen LogP contribution in [0, 0.1) is 0 Å². The molecule has 0 saturated carbocycles. The van der Waals surface area contributed by atoms with Gasteiger partial charge in [0.05, 0.1) is 19.3 Å². The summed E-state index contributed by atoms with van der Waals surface area (Å²) in [6, 6.07) is 7.78. The van der Waals surface area contributed by atoms with Crippen LogP contribution >= 0.6 is 0 Å². The first kappa shape index (κ1) is 11.4. The van der Waals surface area contributed by atoms with Gasteiger partial charge in [0.15, 0.2) is 0 Å². The van der Waals surface area contributed by atoms with E-state index in [4.69, 9.17) is 4.74 Å². The highest BCUT2D eigenvalue weighted by Crippen LogP contribution is 2.48. The van der Waals surface area contributed by atoms with Crippen LogP contribution in [0.2, 0.25) is 0 Å². The van der Waals surface area contributed by atoms with Crippen molar-refractivity contribution >= 4 is 18.5 Å². The van der Waals surface area contributed by atoms with Gasteiger partial charge in [-0.25, -0.2) is 0 Å². The van der Waals surface area contributed by atoms with E-state index in [1.54, 1.807) is 6.21 Å². The highest BCUT2D eigenvalue weighted by Gasteiger charge is 2.48. The first-order valence-electron chi connectivity index (χ1n) is 6.59. The maximum atomic E-state index is 11.9. The van der Waals surface area contributed by atoms with Gasteiger partial charge in [-0.15, -0.1) is 0 Å². The Bertz CT molecular complexity index is 677. The number of rotatable bonds is 0. The zero-order valence-electron chi connectivity index (χ0n) is 10.7. The van der Waals surface area contributed by atoms with Gasteiger partial charge >= 0.3 is 0 Å². The van der Waals surface area contributed by atoms with Gasteiger partial charge in [-0.05, 0) is 12.1 Å². The number of allylic oxidation sites excluding steroid dienone is 1. The predicted octanol–water partition coefficient (Wildman–Crippen LogP) is 1.20. The molecule has 1 N–H and O–H groups in total. The molecule has 2 unspecified atom stereocenters. The molecule has 0 saturated heterocycles. The first-order valence-corrected chi connectivity index (χ1v) is 6.59. The third-order valence-electron chi connectivity index (χ3n) is 3.98. The van der Waals surface area contributed by atoms with E-state index in [2.05, 4.69) is 15.3 Å². The number of aliphatic imine (C=N–C) groups is 2. The summed E-state index contributed by atoms with van der Waals surface area (Å²) in [5.74, 6) is 0.762. The summed E-state index contributed by atoms with van der Waals surface area (Å²) in [4.78, 5) is 20.8. The van der Waals surface area contributed by atoms with Crippen LogP contribution in [0.25, 0.3) is 0 Å². The molecule has 1 amide bonds. The second-order valence-electron chi connectivity index (χ2n) is 5.10. The second-order valence-corrected chi connectivity index (χ2v) is 5.10. The number of carbonyl (C=O) groups excluding carboxylic acids is 1. The number of fused-ring (bicyclic) bond motifs is 4. The van der Waals surface area contributed by atoms with Gasteiger partial charge in [0.25, 0.3) is 0 Å². The van der Waals surface area contributed by atoms with Crippen molar-refractivity contribution in [3.8, 4) is 5.75 Å². The van der Waals surface area contributed by atoms with Crippen molar-refractivity contribution in [2.45, 2.75) is 18.1 Å². The average Bonchev–Trinajstić information content (AvgIpc) is 2.48. The normalized spacial score (nSPS) is 30.1. The van der Waals surface area contributed by atoms with Gasteiger partial charge in [0.1, 0.15) is 17.4 Å². The molecule has 0 aromatic heterocycles. The van der Waals surface area contributed by atoms with Crippen LogP contribution < -0.4 is 10.1 Å². The van der Waals surface area contributed by atoms with Crippen LogP contribution in [0.15, 0.2) is 45.9 Å². The molecule has 5 nitrogen and oxygen atoms in total. The Morgan fingerprint density at radius 2 is 2.25 bits per heavy atom. The third-order valence-corrected chi connectivity index (χ3v) is 3.98. The summed E-state index contributed by atoms with van der Waals surface area (Å²) in [5.41, 5.74) is 1.31. The zero-order chi connectivity index (χ0) is 13.6. The lowest BCUT2D eigenvalue weighted by molar-refractivity contribution is -0.121. The fraction of sp³-hybridized carbons (Fsp3) is 0.267. The molecule has 0 fully saturated rings. The van der Waals surface area contributed by atoms with Gasteiger partial charge in [-0.1, -0.05) is 18.2 Å². The van der Waals surface area contributed by atoms with Crippen molar-refractivity contribution in [1.82, 2.24) is 5.32 Å². The van der Waals surface area contributed by atoms with Crippen molar-refractivity contribution in [2.24, 2.45) is 9.98 Å². The maximum Gasteiger partial charge on any atom is 0.228 e. The Labute approximate surface area is 116 Å². The molecule has 3 aliphatic rings. The molecule has 0 radical (unpaired) electrons. The zero-order valence-corrected chi connectivity index (χ0v) is 10.7. The lowest BCUT2D eigenvalue weighted by Gasteiger charge is -2.43. The van der Waals surface area contributed by atoms with Crippen LogP contribution in [0.4, 0.5) is 0 Å². The van der Waals surface area contributed by atoms with Crippen LogP contribution in [-0.2, 0) is 10.3 Å². The summed E-state index contributed by atoms with van der Waals surface area (Å²) < 4.78 is 6.01. The molecular weight excluding hydrogens is 254 g/mol. The quantitative estimate of drug-likeness (QED) is 0.767. The van der Waals surface area contributed by atoms with E-state index >= 15 is 0 Å². The fourth-order valence-electron chi connectivity index (χ4n) is 3.10. The number of carbonyl (C=O) groups is 1. The number of hydrogen-bond acceptors (Lipinski definition) is 4. The van der Waals surface area contributed by atoms with E-state index < -0.39 is 5.54 Å². The van der Waals surface area contributed by atoms with Gasteiger partial charge in [0.2, 0.25) is 5.91 Å². The molecule has 1 aromatic rings. The number of dihydropyridines is 1. The number of hydrogen-bond donors (Lipinski definition) is 1. The maximum absolute atomic E-state index is 11.9. The van der Waals surface area contributed by atoms with E-state index in [0.29, 0.717) is 13.0 Å². The molecule has 0 aliphatic carbocycles. The summed E-state index contributed by atoms with van der Waals surface area (Å²) >= 11 is 0. The monoisotopic (exact) mass is 267 g/mol. The molecular formula is C15H13N3O2. The Balaban J connectivity index is 1.98. The molecule has 5 heteroatoms. The molecule has 4 rings (SSSR count). The number of para-hydroxylation sites is 1. The van der Waals surface area contributed by atoms with Crippen LogP contribution in [-0.4, -0.2) is 31.1 Å². The molecule has 1 aromatic carbocycles. The molecule has 20 heavy (non-hydrogen) atoms. The summed E-state index contributed by atoms with van der Waals surface area (Å²) in [6.07, 6.45) is 5.36. The second kappa shape index (κ2) is 4.03. The minimum absolute atomic E-state index is 0.0288. The summed E-state index contributed by atoms with van der Waals surface area (Å²) in [6.45, 7) is 0.569. The molecule has 2 atom stereocenters. The standard InChI is InChI=1S/C15H13N3O2/c19-14-7-15(18-9-17-14)10-3-1-2-4-12(10)20-13-8-16-6-5-11(13)15/h1-6,9,13H,7-8H2,(H,17,18,19). The summed E-state index contributed by atoms with van der Waals surface area (Å²) in [5, 5.41) is 2.65. The van der Waals surface area contributed by atoms with Gasteiger partial charge < -0.3 is 10.1 Å². The minimum atomic E-state index is -0.645. The van der Waals surface area contributed by atoms with Gasteiger partial charge in [-0.3, -0.25) is 14.8 Å². The smallest absolute Gasteiger partial charge is 0.228 e. The van der Waals surface area contributed by atoms with Crippen LogP contribution in [0.5, 0.6) is 5.75 Å². The predicted molar refractivity (Wildman–Crippen MR) is 75.2 cm³/mol. The van der Waals surface area contributed by atoms with E-state index in [-0.39, 0.29) is 12.0 Å². The first-order chi connectivity index (χ1) is 9.79. The topological polar surface area (TPSA) is 63.0 Å². The molecule has 3 aliphatic heterocycles. The van der Waals surface area contributed by atoms with Crippen molar-refractivity contribution in [3.63, 3.8) is 0 Å². The van der Waals surface area contributed by atoms with Gasteiger partial charge in [-0.2, -0.15) is 0 Å². The van der Waals surface area contributed by atoms with Gasteiger partial charge in [0, 0.05) is 17.4 Å². The molecule has 3 heterocycles. The van der Waals surface area contributed by atoms with Crippen molar-refractivity contribution in [1.29, 1.82) is 0 Å². The Kier molecular flexibility index (Phi) is 2.30. The number of ether oxygens (including phenoxy) is 1. The lowest BCUT2D eigenvalue weighted by Crippen LogP contribution is -2.48. The Hall–Kier alpha value is -2.43. The Morgan fingerprint density at radius 1 is 1.35 bits per heavy atom. The van der Waals surface area contributed by atoms with Crippen molar-refractivity contribution in [2.75, 3.05) is 6.54 Å². The number of nitrogens with one attached hydrogen (secondary N) is 1. The third kappa shape index (κ3) is 1.46. The van der Waals surface area contributed by atoms with E-state index in [9.17, 15) is 4.79 Å². The lowest BCUT2D eigenvalue weighted by atomic mass is 9.74. The van der Waals surface area contributed by atoms with E-state index in [0.717, 1.165) is 16.9 Å². The number of nitrogens with zero attached hydrogens (tertiary/aromatic N) is 2. The highest BCUT2D eigenvalue weighted by atomic mass is 16.5. The largest absolute Gasteiger partial charge is 0.484 e. The minimum Gasteiger partial charge on any atom is -0.484 e. The van der Waals surface area contributed by atoms with Crippen LogP contribution in [0.1, 0.15) is 12.0 Å². The number of amides is 1. The van der Waals surface area contributed by atoms with Crippen molar-refractivity contribution < 1.29 is 9.53 Å². The molecule has 1 spiro atoms. The summed E-state index contributed by atoms with van der Waals surface area (Å²) in [7, 11) is 0. The highest BCUT2D eigenvalue weighted by molar-refractivity contribution is 5.92. The fourth-order valence-corrected chi connectivity index (χ4v) is 3.10. The van der Waals surface area contributed by atoms with E-state index in [1.807, 2.05) is 30.3 Å². The Morgan fingerprint density at radius 3 is 3.15 bits per heavy atom. The molecule has 0 bridgehead atoms.